The zero-order valence-electron chi connectivity index (χ0n) is 19.8. The number of phenols is 1. The third kappa shape index (κ3) is 6.25. The topological polar surface area (TPSA) is 117 Å². The SMILES string of the molecule is CCOc1cc(C=NNC(=O)c2cc3ccccc3cc2O)cc(Br)c1OCc1ccc(C(=O)O)cc1. The van der Waals surface area contributed by atoms with Crippen LogP contribution in [-0.4, -0.2) is 34.9 Å². The zero-order valence-corrected chi connectivity index (χ0v) is 21.4. The summed E-state index contributed by atoms with van der Waals surface area (Å²) in [7, 11) is 0. The monoisotopic (exact) mass is 562 g/mol. The standard InChI is InChI=1S/C28H23BrN2O6/c1-2-36-25-12-18(11-23(29)26(25)37-16-17-7-9-19(10-8-17)28(34)35)15-30-31-27(33)22-13-20-5-3-4-6-21(20)14-24(22)32/h3-15,32H,2,16H2,1H3,(H,31,33)(H,34,35). The van der Waals surface area contributed by atoms with E-state index in [9.17, 15) is 14.7 Å². The lowest BCUT2D eigenvalue weighted by molar-refractivity contribution is 0.0696. The van der Waals surface area contributed by atoms with Crippen LogP contribution in [-0.2, 0) is 6.61 Å². The maximum Gasteiger partial charge on any atom is 0.335 e. The number of aromatic carboxylic acids is 1. The molecule has 0 heterocycles. The Balaban J connectivity index is 1.47. The summed E-state index contributed by atoms with van der Waals surface area (Å²) >= 11 is 3.50. The van der Waals surface area contributed by atoms with E-state index in [0.29, 0.717) is 28.1 Å². The van der Waals surface area contributed by atoms with Gasteiger partial charge in [-0.15, -0.1) is 0 Å². The molecule has 0 aliphatic rings. The van der Waals surface area contributed by atoms with Crippen molar-refractivity contribution in [3.8, 4) is 17.2 Å². The second-order valence-corrected chi connectivity index (χ2v) is 8.82. The summed E-state index contributed by atoms with van der Waals surface area (Å²) in [5.74, 6) is -0.717. The number of carbonyl (C=O) groups is 2. The third-order valence-corrected chi connectivity index (χ3v) is 5.99. The first-order valence-electron chi connectivity index (χ1n) is 11.3. The van der Waals surface area contributed by atoms with E-state index in [0.717, 1.165) is 16.3 Å². The van der Waals surface area contributed by atoms with Gasteiger partial charge < -0.3 is 19.7 Å². The van der Waals surface area contributed by atoms with Gasteiger partial charge in [0.15, 0.2) is 11.5 Å². The van der Waals surface area contributed by atoms with E-state index in [2.05, 4.69) is 26.5 Å². The Morgan fingerprint density at radius 3 is 2.38 bits per heavy atom. The minimum atomic E-state index is -0.989. The number of hydrazone groups is 1. The van der Waals surface area contributed by atoms with Crippen LogP contribution >= 0.6 is 15.9 Å². The lowest BCUT2D eigenvalue weighted by Crippen LogP contribution is -2.17. The third-order valence-electron chi connectivity index (χ3n) is 5.40. The number of aromatic hydroxyl groups is 1. The Kier molecular flexibility index (Phi) is 8.05. The number of hydrogen-bond acceptors (Lipinski definition) is 6. The smallest absolute Gasteiger partial charge is 0.335 e. The van der Waals surface area contributed by atoms with Gasteiger partial charge in [-0.05, 0) is 81.2 Å². The van der Waals surface area contributed by atoms with E-state index >= 15 is 0 Å². The molecule has 8 nitrogen and oxygen atoms in total. The highest BCUT2D eigenvalue weighted by molar-refractivity contribution is 9.10. The minimum Gasteiger partial charge on any atom is -0.507 e. The van der Waals surface area contributed by atoms with Crippen LogP contribution in [0.2, 0.25) is 0 Å². The second kappa shape index (κ2) is 11.6. The maximum absolute atomic E-state index is 12.6. The molecule has 4 aromatic rings. The normalized spacial score (nSPS) is 11.0. The molecule has 0 unspecified atom stereocenters. The van der Waals surface area contributed by atoms with Crippen molar-refractivity contribution in [1.82, 2.24) is 5.43 Å². The van der Waals surface area contributed by atoms with Crippen molar-refractivity contribution in [2.75, 3.05) is 6.61 Å². The summed E-state index contributed by atoms with van der Waals surface area (Å²) in [4.78, 5) is 23.6. The molecular weight excluding hydrogens is 540 g/mol. The largest absolute Gasteiger partial charge is 0.507 e. The summed E-state index contributed by atoms with van der Waals surface area (Å²) in [6.07, 6.45) is 1.46. The molecule has 9 heteroatoms. The van der Waals surface area contributed by atoms with Crippen molar-refractivity contribution in [2.45, 2.75) is 13.5 Å². The number of rotatable bonds is 9. The van der Waals surface area contributed by atoms with Gasteiger partial charge in [0.25, 0.3) is 5.91 Å². The number of nitrogens with zero attached hydrogens (tertiary/aromatic N) is 1. The number of carbonyl (C=O) groups excluding carboxylic acids is 1. The number of carboxylic acid groups (broad SMARTS) is 1. The Morgan fingerprint density at radius 2 is 1.70 bits per heavy atom. The number of ether oxygens (including phenoxy) is 2. The first-order chi connectivity index (χ1) is 17.9. The number of carboxylic acids is 1. The molecule has 188 valence electrons. The molecule has 0 saturated carbocycles. The zero-order chi connectivity index (χ0) is 26.4. The van der Waals surface area contributed by atoms with Crippen molar-refractivity contribution < 1.29 is 29.3 Å². The Labute approximate surface area is 221 Å². The van der Waals surface area contributed by atoms with Gasteiger partial charge in [-0.25, -0.2) is 10.2 Å². The average molecular weight is 563 g/mol. The molecule has 0 fully saturated rings. The number of fused-ring (bicyclic) bond motifs is 1. The maximum atomic E-state index is 12.6. The molecule has 4 rings (SSSR count). The molecule has 0 saturated heterocycles. The van der Waals surface area contributed by atoms with E-state index in [-0.39, 0.29) is 23.5 Å². The fourth-order valence-corrected chi connectivity index (χ4v) is 4.17. The highest BCUT2D eigenvalue weighted by atomic mass is 79.9. The number of hydrogen-bond donors (Lipinski definition) is 3. The quantitative estimate of drug-likeness (QED) is 0.176. The summed E-state index contributed by atoms with van der Waals surface area (Å²) in [6.45, 7) is 2.45. The van der Waals surface area contributed by atoms with Gasteiger partial charge in [-0.2, -0.15) is 5.10 Å². The van der Waals surface area contributed by atoms with E-state index in [1.165, 1.54) is 18.3 Å². The Morgan fingerprint density at radius 1 is 1.00 bits per heavy atom. The molecule has 0 spiro atoms. The van der Waals surface area contributed by atoms with Crippen LogP contribution in [0, 0.1) is 0 Å². The molecule has 0 aliphatic heterocycles. The molecule has 0 radical (unpaired) electrons. The lowest BCUT2D eigenvalue weighted by atomic mass is 10.1. The average Bonchev–Trinajstić information content (AvgIpc) is 2.88. The van der Waals surface area contributed by atoms with Crippen molar-refractivity contribution in [1.29, 1.82) is 0 Å². The highest BCUT2D eigenvalue weighted by Crippen LogP contribution is 2.37. The van der Waals surface area contributed by atoms with Gasteiger partial charge in [0.05, 0.1) is 28.4 Å². The van der Waals surface area contributed by atoms with Gasteiger partial charge in [0.2, 0.25) is 0 Å². The molecule has 0 atom stereocenters. The van der Waals surface area contributed by atoms with Gasteiger partial charge >= 0.3 is 5.97 Å². The molecule has 0 bridgehead atoms. The molecule has 4 aromatic carbocycles. The molecular formula is C28H23BrN2O6. The summed E-state index contributed by atoms with van der Waals surface area (Å²) < 4.78 is 12.3. The van der Waals surface area contributed by atoms with Crippen LogP contribution in [0.5, 0.6) is 17.2 Å². The van der Waals surface area contributed by atoms with E-state index < -0.39 is 11.9 Å². The summed E-state index contributed by atoms with van der Waals surface area (Å²) in [5, 5.41) is 25.0. The van der Waals surface area contributed by atoms with Crippen molar-refractivity contribution in [2.24, 2.45) is 5.10 Å². The molecule has 0 aromatic heterocycles. The van der Waals surface area contributed by atoms with Crippen molar-refractivity contribution >= 4 is 44.8 Å². The summed E-state index contributed by atoms with van der Waals surface area (Å²) in [6, 6.07) is 20.5. The molecule has 1 amide bonds. The van der Waals surface area contributed by atoms with Crippen LogP contribution in [0.15, 0.2) is 82.4 Å². The van der Waals surface area contributed by atoms with Crippen molar-refractivity contribution in [3.63, 3.8) is 0 Å². The first-order valence-corrected chi connectivity index (χ1v) is 12.1. The predicted molar refractivity (Wildman–Crippen MR) is 144 cm³/mol. The molecule has 3 N–H and O–H groups in total. The first kappa shape index (κ1) is 25.7. The van der Waals surface area contributed by atoms with Gasteiger partial charge in [0.1, 0.15) is 12.4 Å². The van der Waals surface area contributed by atoms with Gasteiger partial charge in [-0.3, -0.25) is 4.79 Å². The summed E-state index contributed by atoms with van der Waals surface area (Å²) in [5.41, 5.74) is 4.19. The van der Waals surface area contributed by atoms with Crippen LogP contribution in [0.1, 0.15) is 38.8 Å². The number of nitrogens with one attached hydrogen (secondary N) is 1. The van der Waals surface area contributed by atoms with Gasteiger partial charge in [-0.1, -0.05) is 36.4 Å². The molecule has 37 heavy (non-hydrogen) atoms. The second-order valence-electron chi connectivity index (χ2n) is 7.97. The number of halogens is 1. The van der Waals surface area contributed by atoms with Crippen LogP contribution in [0.4, 0.5) is 0 Å². The Bertz CT molecular complexity index is 1480. The van der Waals surface area contributed by atoms with Crippen LogP contribution in [0.25, 0.3) is 10.8 Å². The fraction of sp³-hybridized carbons (Fsp3) is 0.107. The minimum absolute atomic E-state index is 0.118. The highest BCUT2D eigenvalue weighted by Gasteiger charge is 2.14. The fourth-order valence-electron chi connectivity index (χ4n) is 3.60. The van der Waals surface area contributed by atoms with Gasteiger partial charge in [0, 0.05) is 0 Å². The number of phenolic OH excluding ortho intramolecular Hbond substituents is 1. The predicted octanol–water partition coefficient (Wildman–Crippen LogP) is 5.75. The van der Waals surface area contributed by atoms with E-state index in [4.69, 9.17) is 14.6 Å². The Hall–Kier alpha value is -4.37. The van der Waals surface area contributed by atoms with Crippen LogP contribution in [0.3, 0.4) is 0 Å². The molecule has 0 aliphatic carbocycles. The van der Waals surface area contributed by atoms with Crippen molar-refractivity contribution in [3.05, 3.63) is 99.5 Å². The lowest BCUT2D eigenvalue weighted by Gasteiger charge is -2.15. The number of amides is 1. The van der Waals surface area contributed by atoms with Crippen LogP contribution < -0.4 is 14.9 Å². The van der Waals surface area contributed by atoms with E-state index in [1.807, 2.05) is 31.2 Å². The number of benzene rings is 4. The van der Waals surface area contributed by atoms with E-state index in [1.54, 1.807) is 36.4 Å².